The van der Waals surface area contributed by atoms with Gasteiger partial charge in [0.1, 0.15) is 5.78 Å². The highest BCUT2D eigenvalue weighted by atomic mass is 16.1. The van der Waals surface area contributed by atoms with Crippen molar-refractivity contribution in [2.75, 3.05) is 0 Å². The van der Waals surface area contributed by atoms with Gasteiger partial charge in [-0.1, -0.05) is 19.9 Å². The van der Waals surface area contributed by atoms with Crippen LogP contribution in [0.1, 0.15) is 39.5 Å². The molecule has 3 atom stereocenters. The summed E-state index contributed by atoms with van der Waals surface area (Å²) in [6, 6.07) is 0. The molecule has 3 unspecified atom stereocenters. The third-order valence-electron chi connectivity index (χ3n) is 4.49. The summed E-state index contributed by atoms with van der Waals surface area (Å²) in [6.07, 6.45) is 6.24. The molecule has 1 nitrogen and oxygen atoms in total. The molecule has 2 fully saturated rings. The predicted molar refractivity (Wildman–Crippen MR) is 57.9 cm³/mol. The van der Waals surface area contributed by atoms with E-state index in [9.17, 15) is 4.79 Å². The second kappa shape index (κ2) is 3.22. The molecule has 0 heterocycles. The lowest BCUT2D eigenvalue weighted by Gasteiger charge is -2.37. The third kappa shape index (κ3) is 1.25. The lowest BCUT2D eigenvalue weighted by atomic mass is 9.66. The Kier molecular flexibility index (Phi) is 2.29. The van der Waals surface area contributed by atoms with Gasteiger partial charge < -0.3 is 0 Å². The summed E-state index contributed by atoms with van der Waals surface area (Å²) < 4.78 is 0. The summed E-state index contributed by atoms with van der Waals surface area (Å²) in [5.41, 5.74) is 0.253. The van der Waals surface area contributed by atoms with Crippen molar-refractivity contribution in [1.29, 1.82) is 0 Å². The fourth-order valence-corrected chi connectivity index (χ4v) is 3.80. The minimum absolute atomic E-state index is 0.253. The largest absolute Gasteiger partial charge is 0.299 e. The van der Waals surface area contributed by atoms with E-state index in [2.05, 4.69) is 20.4 Å². The van der Waals surface area contributed by atoms with Crippen LogP contribution in [0.15, 0.2) is 12.7 Å². The Hall–Kier alpha value is -0.590. The summed E-state index contributed by atoms with van der Waals surface area (Å²) in [7, 11) is 0. The van der Waals surface area contributed by atoms with Crippen molar-refractivity contribution in [1.82, 2.24) is 0 Å². The van der Waals surface area contributed by atoms with Gasteiger partial charge in [-0.15, -0.1) is 6.58 Å². The molecule has 2 saturated carbocycles. The highest BCUT2D eigenvalue weighted by molar-refractivity contribution is 5.83. The molecular formula is C13H20O. The molecule has 0 spiro atoms. The van der Waals surface area contributed by atoms with Gasteiger partial charge in [0.05, 0.1) is 0 Å². The highest BCUT2D eigenvalue weighted by Gasteiger charge is 2.54. The first-order valence-electron chi connectivity index (χ1n) is 5.71. The number of ketones is 1. The van der Waals surface area contributed by atoms with Crippen molar-refractivity contribution in [2.45, 2.75) is 39.5 Å². The molecule has 2 aliphatic rings. The van der Waals surface area contributed by atoms with E-state index in [1.54, 1.807) is 6.08 Å². The zero-order valence-corrected chi connectivity index (χ0v) is 9.25. The van der Waals surface area contributed by atoms with Crippen molar-refractivity contribution in [2.24, 2.45) is 23.2 Å². The van der Waals surface area contributed by atoms with Crippen LogP contribution in [0.5, 0.6) is 0 Å². The maximum atomic E-state index is 12.0. The van der Waals surface area contributed by atoms with E-state index in [1.807, 2.05) is 0 Å². The quantitative estimate of drug-likeness (QED) is 0.627. The standard InChI is InChI=1S/C13H20O/c1-4-5-11(14)12-9-6-7-10(8-9)13(12,2)3/h4,9-10,12H,1,5-8H2,2-3H3. The number of fused-ring (bicyclic) bond motifs is 2. The Bertz CT molecular complexity index is 264. The summed E-state index contributed by atoms with van der Waals surface area (Å²) in [4.78, 5) is 12.0. The molecule has 14 heavy (non-hydrogen) atoms. The lowest BCUT2D eigenvalue weighted by molar-refractivity contribution is -0.127. The molecule has 78 valence electrons. The molecule has 0 amide bonds. The summed E-state index contributed by atoms with van der Waals surface area (Å²) in [5, 5.41) is 0. The summed E-state index contributed by atoms with van der Waals surface area (Å²) in [5.74, 6) is 2.23. The van der Waals surface area contributed by atoms with Gasteiger partial charge in [0.2, 0.25) is 0 Å². The fourth-order valence-electron chi connectivity index (χ4n) is 3.80. The van der Waals surface area contributed by atoms with Crippen LogP contribution in [0.4, 0.5) is 0 Å². The molecule has 0 aromatic heterocycles. The Morgan fingerprint density at radius 1 is 1.50 bits per heavy atom. The van der Waals surface area contributed by atoms with Crippen LogP contribution in [0, 0.1) is 23.2 Å². The molecule has 0 aliphatic heterocycles. The molecular weight excluding hydrogens is 172 g/mol. The molecule has 0 aromatic carbocycles. The van der Waals surface area contributed by atoms with E-state index in [-0.39, 0.29) is 5.41 Å². The van der Waals surface area contributed by atoms with Crippen molar-refractivity contribution >= 4 is 5.78 Å². The van der Waals surface area contributed by atoms with Crippen LogP contribution in [0.3, 0.4) is 0 Å². The first-order chi connectivity index (χ1) is 6.57. The van der Waals surface area contributed by atoms with Crippen molar-refractivity contribution in [3.8, 4) is 0 Å². The number of hydrogen-bond donors (Lipinski definition) is 0. The zero-order valence-electron chi connectivity index (χ0n) is 9.25. The average molecular weight is 192 g/mol. The van der Waals surface area contributed by atoms with E-state index < -0.39 is 0 Å². The second-order valence-corrected chi connectivity index (χ2v) is 5.53. The maximum Gasteiger partial charge on any atom is 0.140 e. The third-order valence-corrected chi connectivity index (χ3v) is 4.49. The minimum atomic E-state index is 0.253. The van der Waals surface area contributed by atoms with Gasteiger partial charge in [-0.25, -0.2) is 0 Å². The van der Waals surface area contributed by atoms with Gasteiger partial charge in [0, 0.05) is 12.3 Å². The van der Waals surface area contributed by atoms with Gasteiger partial charge in [0.15, 0.2) is 0 Å². The van der Waals surface area contributed by atoms with E-state index >= 15 is 0 Å². The number of allylic oxidation sites excluding steroid dienone is 1. The van der Waals surface area contributed by atoms with Gasteiger partial charge in [-0.05, 0) is 36.5 Å². The Labute approximate surface area is 86.6 Å². The SMILES string of the molecule is C=CCC(=O)C1C2CCC(C2)C1(C)C. The fraction of sp³-hybridized carbons (Fsp3) is 0.769. The van der Waals surface area contributed by atoms with Crippen LogP contribution in [-0.2, 0) is 4.79 Å². The van der Waals surface area contributed by atoms with Crippen LogP contribution in [0.25, 0.3) is 0 Å². The molecule has 0 N–H and O–H groups in total. The number of Topliss-reactive ketones (excluding diaryl/α,β-unsaturated/α-hetero) is 1. The number of carbonyl (C=O) groups is 1. The minimum Gasteiger partial charge on any atom is -0.299 e. The maximum absolute atomic E-state index is 12.0. The topological polar surface area (TPSA) is 17.1 Å². The van der Waals surface area contributed by atoms with E-state index in [0.29, 0.717) is 24.0 Å². The van der Waals surface area contributed by atoms with Crippen LogP contribution in [-0.4, -0.2) is 5.78 Å². The number of hydrogen-bond acceptors (Lipinski definition) is 1. The van der Waals surface area contributed by atoms with Gasteiger partial charge in [-0.3, -0.25) is 4.79 Å². The van der Waals surface area contributed by atoms with Crippen molar-refractivity contribution < 1.29 is 4.79 Å². The first kappa shape index (κ1) is 9.95. The van der Waals surface area contributed by atoms with Crippen LogP contribution in [0.2, 0.25) is 0 Å². The summed E-state index contributed by atoms with van der Waals surface area (Å²) in [6.45, 7) is 8.22. The second-order valence-electron chi connectivity index (χ2n) is 5.53. The van der Waals surface area contributed by atoms with Crippen molar-refractivity contribution in [3.05, 3.63) is 12.7 Å². The van der Waals surface area contributed by atoms with E-state index in [1.165, 1.54) is 19.3 Å². The Morgan fingerprint density at radius 2 is 2.21 bits per heavy atom. The molecule has 0 saturated heterocycles. The zero-order chi connectivity index (χ0) is 10.3. The molecule has 0 radical (unpaired) electrons. The Morgan fingerprint density at radius 3 is 2.71 bits per heavy atom. The predicted octanol–water partition coefficient (Wildman–Crippen LogP) is 3.20. The van der Waals surface area contributed by atoms with Gasteiger partial charge in [0.25, 0.3) is 0 Å². The molecule has 2 rings (SSSR count). The Balaban J connectivity index is 2.18. The molecule has 1 heteroatoms. The van der Waals surface area contributed by atoms with Crippen LogP contribution < -0.4 is 0 Å². The smallest absolute Gasteiger partial charge is 0.140 e. The summed E-state index contributed by atoms with van der Waals surface area (Å²) >= 11 is 0. The van der Waals surface area contributed by atoms with Gasteiger partial charge >= 0.3 is 0 Å². The molecule has 0 aromatic rings. The first-order valence-corrected chi connectivity index (χ1v) is 5.71. The van der Waals surface area contributed by atoms with E-state index in [4.69, 9.17) is 0 Å². The average Bonchev–Trinajstić information content (AvgIpc) is 2.61. The normalized spacial score (nSPS) is 38.6. The monoisotopic (exact) mass is 192 g/mol. The lowest BCUT2D eigenvalue weighted by Crippen LogP contribution is -2.36. The highest BCUT2D eigenvalue weighted by Crippen LogP contribution is 2.59. The molecule has 2 aliphatic carbocycles. The van der Waals surface area contributed by atoms with Gasteiger partial charge in [-0.2, -0.15) is 0 Å². The number of rotatable bonds is 3. The number of carbonyl (C=O) groups excluding carboxylic acids is 1. The van der Waals surface area contributed by atoms with Crippen molar-refractivity contribution in [3.63, 3.8) is 0 Å². The van der Waals surface area contributed by atoms with Crippen LogP contribution >= 0.6 is 0 Å². The molecule has 2 bridgehead atoms. The van der Waals surface area contributed by atoms with E-state index in [0.717, 1.165) is 5.92 Å².